The Labute approximate surface area is 188 Å². The maximum Gasteiger partial charge on any atom is 0.238 e. The van der Waals surface area contributed by atoms with Crippen molar-refractivity contribution in [2.75, 3.05) is 11.1 Å². The average molecular weight is 474 g/mol. The minimum Gasteiger partial charge on any atom is -0.325 e. The molecule has 0 aliphatic rings. The highest BCUT2D eigenvalue weighted by atomic mass is 32.2. The molecule has 3 rings (SSSR count). The Morgan fingerprint density at radius 3 is 2.45 bits per heavy atom. The van der Waals surface area contributed by atoms with E-state index in [1.165, 1.54) is 53.4 Å². The number of ketones is 1. The number of thioether (sulfide) groups is 1. The summed E-state index contributed by atoms with van der Waals surface area (Å²) < 4.78 is 23.2. The van der Waals surface area contributed by atoms with Crippen LogP contribution in [0.2, 0.25) is 0 Å². The molecule has 10 heteroatoms. The lowest BCUT2D eigenvalue weighted by molar-refractivity contribution is -0.113. The SMILES string of the molecule is Cc1nc(SCC(=O)Nc2ccc(S(N)(=O)=O)cc2)sc1C(=O)/C=C/c1ccccc1. The molecule has 7 nitrogen and oxygen atoms in total. The van der Waals surface area contributed by atoms with E-state index in [0.717, 1.165) is 5.56 Å². The first-order valence-corrected chi connectivity index (χ1v) is 12.4. The van der Waals surface area contributed by atoms with Crippen LogP contribution in [-0.2, 0) is 14.8 Å². The number of anilines is 1. The number of allylic oxidation sites excluding steroid dienone is 1. The Hall–Kier alpha value is -2.79. The molecule has 3 aromatic rings. The van der Waals surface area contributed by atoms with E-state index in [2.05, 4.69) is 10.3 Å². The normalized spacial score (nSPS) is 11.5. The first-order chi connectivity index (χ1) is 14.7. The van der Waals surface area contributed by atoms with Crippen molar-refractivity contribution in [3.05, 3.63) is 76.8 Å². The highest BCUT2D eigenvalue weighted by molar-refractivity contribution is 8.01. The van der Waals surface area contributed by atoms with E-state index in [-0.39, 0.29) is 22.3 Å². The molecule has 0 radical (unpaired) electrons. The number of carbonyl (C=O) groups excluding carboxylic acids is 2. The molecule has 31 heavy (non-hydrogen) atoms. The quantitative estimate of drug-likeness (QED) is 0.292. The summed E-state index contributed by atoms with van der Waals surface area (Å²) in [6, 6.07) is 15.1. The number of sulfonamides is 1. The van der Waals surface area contributed by atoms with Gasteiger partial charge in [-0.2, -0.15) is 0 Å². The van der Waals surface area contributed by atoms with Gasteiger partial charge in [-0.1, -0.05) is 48.2 Å². The van der Waals surface area contributed by atoms with Gasteiger partial charge in [0.2, 0.25) is 15.9 Å². The van der Waals surface area contributed by atoms with E-state index in [1.807, 2.05) is 30.3 Å². The molecule has 0 aliphatic carbocycles. The topological polar surface area (TPSA) is 119 Å². The van der Waals surface area contributed by atoms with Gasteiger partial charge in [-0.3, -0.25) is 9.59 Å². The van der Waals surface area contributed by atoms with Crippen molar-refractivity contribution in [1.82, 2.24) is 4.98 Å². The number of hydrogen-bond donors (Lipinski definition) is 2. The van der Waals surface area contributed by atoms with Crippen LogP contribution in [0.15, 0.2) is 69.9 Å². The van der Waals surface area contributed by atoms with Crippen LogP contribution in [-0.4, -0.2) is 30.8 Å². The number of carbonyl (C=O) groups is 2. The molecule has 1 amide bonds. The van der Waals surface area contributed by atoms with E-state index >= 15 is 0 Å². The summed E-state index contributed by atoms with van der Waals surface area (Å²) in [5.74, 6) is -0.319. The predicted molar refractivity (Wildman–Crippen MR) is 124 cm³/mol. The number of hydrogen-bond acceptors (Lipinski definition) is 7. The molecule has 0 bridgehead atoms. The Balaban J connectivity index is 1.57. The summed E-state index contributed by atoms with van der Waals surface area (Å²) in [6.45, 7) is 1.76. The van der Waals surface area contributed by atoms with Gasteiger partial charge in [0, 0.05) is 5.69 Å². The van der Waals surface area contributed by atoms with E-state index in [4.69, 9.17) is 5.14 Å². The average Bonchev–Trinajstić information content (AvgIpc) is 3.12. The zero-order valence-electron chi connectivity index (χ0n) is 16.4. The Morgan fingerprint density at radius 2 is 1.81 bits per heavy atom. The second kappa shape index (κ2) is 10.0. The summed E-state index contributed by atoms with van der Waals surface area (Å²) >= 11 is 2.47. The number of aromatic nitrogens is 1. The van der Waals surface area contributed by atoms with Crippen molar-refractivity contribution >= 4 is 56.6 Å². The largest absolute Gasteiger partial charge is 0.325 e. The van der Waals surface area contributed by atoms with Crippen LogP contribution in [0.5, 0.6) is 0 Å². The number of nitrogens with one attached hydrogen (secondary N) is 1. The Bertz CT molecular complexity index is 1220. The molecule has 0 unspecified atom stereocenters. The second-order valence-corrected chi connectivity index (χ2v) is 10.2. The maximum absolute atomic E-state index is 12.5. The molecule has 0 saturated carbocycles. The highest BCUT2D eigenvalue weighted by Crippen LogP contribution is 2.28. The monoisotopic (exact) mass is 473 g/mol. The third kappa shape index (κ3) is 6.59. The van der Waals surface area contributed by atoms with Gasteiger partial charge in [-0.25, -0.2) is 18.5 Å². The zero-order valence-corrected chi connectivity index (χ0v) is 18.9. The number of benzene rings is 2. The number of nitrogens with two attached hydrogens (primary N) is 1. The molecule has 0 atom stereocenters. The Morgan fingerprint density at radius 1 is 1.13 bits per heavy atom. The number of nitrogens with zero attached hydrogens (tertiary/aromatic N) is 1. The van der Waals surface area contributed by atoms with E-state index in [9.17, 15) is 18.0 Å². The maximum atomic E-state index is 12.5. The fourth-order valence-corrected chi connectivity index (χ4v) is 4.95. The summed E-state index contributed by atoms with van der Waals surface area (Å²) in [5, 5.41) is 7.73. The van der Waals surface area contributed by atoms with Crippen molar-refractivity contribution in [1.29, 1.82) is 0 Å². The number of aryl methyl sites for hydroxylation is 1. The van der Waals surface area contributed by atoms with E-state index < -0.39 is 10.0 Å². The predicted octanol–water partition coefficient (Wildman–Crippen LogP) is 3.73. The van der Waals surface area contributed by atoms with Gasteiger partial charge in [0.25, 0.3) is 0 Å². The summed E-state index contributed by atoms with van der Waals surface area (Å²) in [5.41, 5.74) is 2.01. The van der Waals surface area contributed by atoms with Gasteiger partial charge in [-0.15, -0.1) is 11.3 Å². The van der Waals surface area contributed by atoms with Crippen LogP contribution in [0.3, 0.4) is 0 Å². The van der Waals surface area contributed by atoms with Gasteiger partial charge in [0.05, 0.1) is 21.2 Å². The van der Waals surface area contributed by atoms with E-state index in [0.29, 0.717) is 20.6 Å². The lowest BCUT2D eigenvalue weighted by Gasteiger charge is -2.05. The summed E-state index contributed by atoms with van der Waals surface area (Å²) in [6.07, 6.45) is 3.27. The van der Waals surface area contributed by atoms with Gasteiger partial charge >= 0.3 is 0 Å². The fourth-order valence-electron chi connectivity index (χ4n) is 2.53. The van der Waals surface area contributed by atoms with Crippen LogP contribution in [0, 0.1) is 6.92 Å². The summed E-state index contributed by atoms with van der Waals surface area (Å²) in [7, 11) is -3.78. The fraction of sp³-hybridized carbons (Fsp3) is 0.0952. The molecule has 160 valence electrons. The summed E-state index contributed by atoms with van der Waals surface area (Å²) in [4.78, 5) is 29.5. The van der Waals surface area contributed by atoms with Gasteiger partial charge in [0.1, 0.15) is 0 Å². The molecule has 2 aromatic carbocycles. The van der Waals surface area contributed by atoms with Gasteiger partial charge in [-0.05, 0) is 42.8 Å². The van der Waals surface area contributed by atoms with Crippen molar-refractivity contribution < 1.29 is 18.0 Å². The first kappa shape index (κ1) is 22.9. The second-order valence-electron chi connectivity index (χ2n) is 6.41. The van der Waals surface area contributed by atoms with E-state index in [1.54, 1.807) is 13.0 Å². The number of amides is 1. The minimum absolute atomic E-state index is 0.0309. The molecular weight excluding hydrogens is 454 g/mol. The lowest BCUT2D eigenvalue weighted by Crippen LogP contribution is -2.15. The third-order valence-corrected chi connectivity index (χ3v) is 7.27. The van der Waals surface area contributed by atoms with Crippen LogP contribution in [0.25, 0.3) is 6.08 Å². The van der Waals surface area contributed by atoms with Crippen molar-refractivity contribution in [3.8, 4) is 0 Å². The number of rotatable bonds is 8. The molecule has 0 aliphatic heterocycles. The first-order valence-electron chi connectivity index (χ1n) is 9.03. The van der Waals surface area contributed by atoms with Crippen LogP contribution >= 0.6 is 23.1 Å². The van der Waals surface area contributed by atoms with Gasteiger partial charge < -0.3 is 5.32 Å². The molecule has 0 spiro atoms. The molecule has 1 aromatic heterocycles. The molecule has 3 N–H and O–H groups in total. The molecular formula is C21H19N3O4S3. The van der Waals surface area contributed by atoms with Crippen molar-refractivity contribution in [3.63, 3.8) is 0 Å². The highest BCUT2D eigenvalue weighted by Gasteiger charge is 2.15. The lowest BCUT2D eigenvalue weighted by atomic mass is 10.2. The zero-order chi connectivity index (χ0) is 22.4. The minimum atomic E-state index is -3.78. The molecule has 0 saturated heterocycles. The van der Waals surface area contributed by atoms with Crippen LogP contribution in [0.4, 0.5) is 5.69 Å². The van der Waals surface area contributed by atoms with Crippen LogP contribution in [0.1, 0.15) is 20.9 Å². The van der Waals surface area contributed by atoms with Crippen LogP contribution < -0.4 is 10.5 Å². The standard InChI is InChI=1S/C21H19N3O4S3/c1-14-20(18(25)12-7-15-5-3-2-4-6-15)30-21(23-14)29-13-19(26)24-16-8-10-17(11-9-16)31(22,27)28/h2-12H,13H2,1H3,(H,24,26)(H2,22,27,28)/b12-7+. The smallest absolute Gasteiger partial charge is 0.238 e. The molecule has 0 fully saturated rings. The van der Waals surface area contributed by atoms with Gasteiger partial charge in [0.15, 0.2) is 10.1 Å². The number of thiazole rings is 1. The van der Waals surface area contributed by atoms with Crippen molar-refractivity contribution in [2.24, 2.45) is 5.14 Å². The van der Waals surface area contributed by atoms with Crippen molar-refractivity contribution in [2.45, 2.75) is 16.2 Å². The molecule has 1 heterocycles. The number of primary sulfonamides is 1. The Kier molecular flexibility index (Phi) is 7.39. The third-order valence-electron chi connectivity index (χ3n) is 4.02.